The van der Waals surface area contributed by atoms with Gasteiger partial charge in [-0.05, 0) is 86.5 Å². The second-order valence-corrected chi connectivity index (χ2v) is 11.8. The van der Waals surface area contributed by atoms with Gasteiger partial charge in [0.05, 0.1) is 17.4 Å². The summed E-state index contributed by atoms with van der Waals surface area (Å²) in [5.41, 5.74) is 3.83. The van der Waals surface area contributed by atoms with Gasteiger partial charge in [-0.2, -0.15) is 17.9 Å². The molecule has 2 aliphatic rings. The highest BCUT2D eigenvalue weighted by Crippen LogP contribution is 2.32. The van der Waals surface area contributed by atoms with Crippen LogP contribution in [0.15, 0.2) is 47.4 Å². The van der Waals surface area contributed by atoms with Crippen molar-refractivity contribution in [3.05, 3.63) is 64.7 Å². The zero-order valence-electron chi connectivity index (χ0n) is 21.0. The quantitative estimate of drug-likeness (QED) is 0.509. The number of hydrogen-bond acceptors (Lipinski definition) is 4. The number of nitrogens with zero attached hydrogens (tertiary/aromatic N) is 1. The van der Waals surface area contributed by atoms with Gasteiger partial charge in [-0.15, -0.1) is 0 Å². The number of nitrogens with one attached hydrogen (secondary N) is 2. The fraction of sp³-hybridized carbons (Fsp3) is 0.519. The Bertz CT molecular complexity index is 1210. The third-order valence-electron chi connectivity index (χ3n) is 7.09. The summed E-state index contributed by atoms with van der Waals surface area (Å²) >= 11 is 0. The lowest BCUT2D eigenvalue weighted by Crippen LogP contribution is -2.48. The molecule has 0 aromatic heterocycles. The van der Waals surface area contributed by atoms with E-state index in [9.17, 15) is 26.4 Å². The molecule has 0 radical (unpaired) electrons. The van der Waals surface area contributed by atoms with E-state index in [1.165, 1.54) is 43.0 Å². The number of amides is 1. The van der Waals surface area contributed by atoms with Crippen LogP contribution in [0.1, 0.15) is 66.8 Å². The van der Waals surface area contributed by atoms with Gasteiger partial charge in [-0.3, -0.25) is 9.69 Å². The first-order chi connectivity index (χ1) is 17.5. The number of halogens is 3. The number of fused-ring (bicyclic) bond motifs is 1. The van der Waals surface area contributed by atoms with Crippen LogP contribution in [0.4, 0.5) is 13.2 Å². The van der Waals surface area contributed by atoms with Gasteiger partial charge in [0.25, 0.3) is 0 Å². The van der Waals surface area contributed by atoms with Crippen molar-refractivity contribution in [3.8, 4) is 0 Å². The Balaban J connectivity index is 1.43. The van der Waals surface area contributed by atoms with Crippen LogP contribution in [0.2, 0.25) is 0 Å². The minimum absolute atomic E-state index is 0.274. The van der Waals surface area contributed by atoms with E-state index in [2.05, 4.69) is 16.3 Å². The molecule has 2 aromatic rings. The molecule has 2 N–H and O–H groups in total. The van der Waals surface area contributed by atoms with Crippen molar-refractivity contribution in [3.63, 3.8) is 0 Å². The molecule has 1 fully saturated rings. The van der Waals surface area contributed by atoms with E-state index >= 15 is 0 Å². The molecule has 1 heterocycles. The number of hydrogen-bond donors (Lipinski definition) is 2. The number of benzene rings is 2. The van der Waals surface area contributed by atoms with Gasteiger partial charge in [0.2, 0.25) is 15.9 Å². The summed E-state index contributed by atoms with van der Waals surface area (Å²) in [6.45, 7) is 4.69. The third kappa shape index (κ3) is 7.33. The van der Waals surface area contributed by atoms with E-state index < -0.39 is 40.6 Å². The number of carbonyl (C=O) groups is 1. The monoisotopic (exact) mass is 537 g/mol. The Kier molecular flexibility index (Phi) is 8.60. The van der Waals surface area contributed by atoms with E-state index in [0.29, 0.717) is 12.0 Å². The predicted molar refractivity (Wildman–Crippen MR) is 135 cm³/mol. The molecule has 37 heavy (non-hydrogen) atoms. The standard InChI is InChI=1S/C27H34F3N3O3S/c1-19-7-5-9-22(15-19)37(35,36)32-25(27(28,29)30)17-26(34)31-24-10-6-8-21-16-20(11-12-23(21)24)18-33-13-3-2-4-14-33/h5,7,9,11-12,15-16,24-25,32H,2-4,6,8,10,13-14,17-18H2,1H3,(H,31,34)/t24-,25-/m1/s1. The number of rotatable bonds is 8. The molecule has 0 bridgehead atoms. The zero-order valence-corrected chi connectivity index (χ0v) is 21.8. The molecule has 10 heteroatoms. The molecule has 0 saturated carbocycles. The normalized spacial score (nSPS) is 19.7. The average Bonchev–Trinajstić information content (AvgIpc) is 2.84. The van der Waals surface area contributed by atoms with Crippen molar-refractivity contribution >= 4 is 15.9 Å². The maximum Gasteiger partial charge on any atom is 0.405 e. The van der Waals surface area contributed by atoms with Gasteiger partial charge in [-0.1, -0.05) is 36.8 Å². The third-order valence-corrected chi connectivity index (χ3v) is 8.56. The van der Waals surface area contributed by atoms with Crippen molar-refractivity contribution < 1.29 is 26.4 Å². The summed E-state index contributed by atoms with van der Waals surface area (Å²) < 4.78 is 68.1. The predicted octanol–water partition coefficient (Wildman–Crippen LogP) is 4.77. The van der Waals surface area contributed by atoms with E-state index in [4.69, 9.17) is 0 Å². The van der Waals surface area contributed by atoms with Crippen LogP contribution < -0.4 is 10.0 Å². The van der Waals surface area contributed by atoms with Crippen LogP contribution in [0.5, 0.6) is 0 Å². The zero-order chi connectivity index (χ0) is 26.6. The molecular formula is C27H34F3N3O3S. The molecule has 1 aliphatic carbocycles. The fourth-order valence-corrected chi connectivity index (χ4v) is 6.52. The van der Waals surface area contributed by atoms with Crippen LogP contribution in [-0.4, -0.2) is 44.5 Å². The summed E-state index contributed by atoms with van der Waals surface area (Å²) in [6, 6.07) is 8.83. The Labute approximate surface area is 216 Å². The molecule has 6 nitrogen and oxygen atoms in total. The lowest BCUT2D eigenvalue weighted by atomic mass is 9.86. The highest BCUT2D eigenvalue weighted by molar-refractivity contribution is 7.89. The van der Waals surface area contributed by atoms with E-state index in [0.717, 1.165) is 43.6 Å². The Morgan fingerprint density at radius 1 is 1.08 bits per heavy atom. The summed E-state index contributed by atoms with van der Waals surface area (Å²) in [6.07, 6.45) is 0.0130. The number of sulfonamides is 1. The number of likely N-dealkylation sites (tertiary alicyclic amines) is 1. The molecule has 2 aromatic carbocycles. The van der Waals surface area contributed by atoms with Crippen LogP contribution in [0, 0.1) is 6.92 Å². The van der Waals surface area contributed by atoms with Crippen LogP contribution in [-0.2, 0) is 27.8 Å². The van der Waals surface area contributed by atoms with Gasteiger partial charge >= 0.3 is 6.18 Å². The number of carbonyl (C=O) groups excluding carboxylic acids is 1. The molecule has 1 saturated heterocycles. The maximum atomic E-state index is 13.7. The van der Waals surface area contributed by atoms with Gasteiger partial charge in [0.15, 0.2) is 0 Å². The molecular weight excluding hydrogens is 503 g/mol. The molecule has 0 unspecified atom stereocenters. The van der Waals surface area contributed by atoms with Crippen molar-refractivity contribution in [2.45, 2.75) is 81.6 Å². The number of aryl methyl sites for hydroxylation is 2. The largest absolute Gasteiger partial charge is 0.405 e. The lowest BCUT2D eigenvalue weighted by molar-refractivity contribution is -0.158. The highest BCUT2D eigenvalue weighted by atomic mass is 32.2. The smallest absolute Gasteiger partial charge is 0.349 e. The van der Waals surface area contributed by atoms with E-state index in [1.807, 2.05) is 12.1 Å². The Morgan fingerprint density at radius 2 is 1.84 bits per heavy atom. The van der Waals surface area contributed by atoms with Gasteiger partial charge < -0.3 is 5.32 Å². The fourth-order valence-electron chi connectivity index (χ4n) is 5.19. The summed E-state index contributed by atoms with van der Waals surface area (Å²) in [5, 5.41) is 2.73. The Hall–Kier alpha value is -2.43. The van der Waals surface area contributed by atoms with Crippen LogP contribution in [0.3, 0.4) is 0 Å². The minimum atomic E-state index is -4.93. The van der Waals surface area contributed by atoms with Gasteiger partial charge in [0, 0.05) is 6.54 Å². The first-order valence-electron chi connectivity index (χ1n) is 12.8. The minimum Gasteiger partial charge on any atom is -0.349 e. The molecule has 0 spiro atoms. The molecule has 2 atom stereocenters. The van der Waals surface area contributed by atoms with Gasteiger partial charge in [0.1, 0.15) is 6.04 Å². The van der Waals surface area contributed by atoms with Crippen LogP contribution >= 0.6 is 0 Å². The SMILES string of the molecule is Cc1cccc(S(=O)(=O)N[C@H](CC(=O)N[C@@H]2CCCc3cc(CN4CCCCC4)ccc32)C(F)(F)F)c1. The van der Waals surface area contributed by atoms with Crippen LogP contribution in [0.25, 0.3) is 0 Å². The lowest BCUT2D eigenvalue weighted by Gasteiger charge is -2.30. The average molecular weight is 538 g/mol. The number of alkyl halides is 3. The molecule has 1 aliphatic heterocycles. The molecule has 202 valence electrons. The highest BCUT2D eigenvalue weighted by Gasteiger charge is 2.44. The van der Waals surface area contributed by atoms with Crippen molar-refractivity contribution in [1.29, 1.82) is 0 Å². The maximum absolute atomic E-state index is 13.7. The molecule has 1 amide bonds. The summed E-state index contributed by atoms with van der Waals surface area (Å²) in [7, 11) is -4.46. The van der Waals surface area contributed by atoms with Crippen molar-refractivity contribution in [2.75, 3.05) is 13.1 Å². The topological polar surface area (TPSA) is 78.5 Å². The summed E-state index contributed by atoms with van der Waals surface area (Å²) in [4.78, 5) is 14.9. The summed E-state index contributed by atoms with van der Waals surface area (Å²) in [5.74, 6) is -0.843. The molecule has 4 rings (SSSR count). The van der Waals surface area contributed by atoms with E-state index in [-0.39, 0.29) is 4.90 Å². The first-order valence-corrected chi connectivity index (χ1v) is 14.3. The van der Waals surface area contributed by atoms with Crippen molar-refractivity contribution in [1.82, 2.24) is 14.9 Å². The Morgan fingerprint density at radius 3 is 2.54 bits per heavy atom. The second kappa shape index (κ2) is 11.5. The first kappa shape index (κ1) is 27.6. The second-order valence-electron chi connectivity index (χ2n) is 10.1. The number of piperidine rings is 1. The van der Waals surface area contributed by atoms with Crippen molar-refractivity contribution in [2.24, 2.45) is 0 Å². The van der Waals surface area contributed by atoms with Gasteiger partial charge in [-0.25, -0.2) is 8.42 Å². The van der Waals surface area contributed by atoms with E-state index in [1.54, 1.807) is 17.7 Å².